The van der Waals surface area contributed by atoms with Crippen LogP contribution in [0.5, 0.6) is 0 Å². The van der Waals surface area contributed by atoms with Gasteiger partial charge in [0.15, 0.2) is 0 Å². The fourth-order valence-corrected chi connectivity index (χ4v) is 1.35. The first-order valence-electron chi connectivity index (χ1n) is 5.69. The van der Waals surface area contributed by atoms with Crippen molar-refractivity contribution in [3.8, 4) is 0 Å². The lowest BCUT2D eigenvalue weighted by atomic mass is 10.1. The quantitative estimate of drug-likeness (QED) is 0.386. The molecular weight excluding hydrogens is 230 g/mol. The van der Waals surface area contributed by atoms with Crippen molar-refractivity contribution in [3.05, 3.63) is 0 Å². The summed E-state index contributed by atoms with van der Waals surface area (Å²) in [6, 6.07) is 0. The topological polar surface area (TPSA) is 55.4 Å². The van der Waals surface area contributed by atoms with Gasteiger partial charge in [0.05, 0.1) is 6.61 Å². The molecule has 0 aromatic carbocycles. The summed E-state index contributed by atoms with van der Waals surface area (Å²) in [5.41, 5.74) is 0. The van der Waals surface area contributed by atoms with Gasteiger partial charge < -0.3 is 10.1 Å². The van der Waals surface area contributed by atoms with E-state index >= 15 is 0 Å². The first-order chi connectivity index (χ1) is 7.70. The molecule has 0 aliphatic rings. The highest BCUT2D eigenvalue weighted by Crippen LogP contribution is 2.03. The van der Waals surface area contributed by atoms with E-state index in [2.05, 4.69) is 5.32 Å². The zero-order valence-electron chi connectivity index (χ0n) is 9.76. The normalized spacial score (nSPS) is 9.88. The zero-order chi connectivity index (χ0) is 12.2. The number of amides is 1. The monoisotopic (exact) mass is 249 g/mol. The second-order valence-electron chi connectivity index (χ2n) is 3.45. The second-order valence-corrected chi connectivity index (χ2v) is 3.72. The van der Waals surface area contributed by atoms with Gasteiger partial charge in [0.2, 0.25) is 5.91 Å². The Morgan fingerprint density at radius 1 is 1.19 bits per heavy atom. The number of nitrogens with one attached hydrogen (secondary N) is 1. The van der Waals surface area contributed by atoms with E-state index < -0.39 is 0 Å². The van der Waals surface area contributed by atoms with Gasteiger partial charge in [0, 0.05) is 13.0 Å². The molecule has 0 fully saturated rings. The predicted octanol–water partition coefficient (Wildman–Crippen LogP) is 1.85. The first-order valence-corrected chi connectivity index (χ1v) is 6.22. The molecule has 0 spiro atoms. The maximum Gasteiger partial charge on any atom is 0.305 e. The number of alkyl halides is 1. The van der Waals surface area contributed by atoms with Crippen molar-refractivity contribution in [1.29, 1.82) is 0 Å². The molecule has 0 aliphatic heterocycles. The number of hydrogen-bond acceptors (Lipinski definition) is 3. The molecule has 0 heterocycles. The summed E-state index contributed by atoms with van der Waals surface area (Å²) >= 11 is 5.32. The number of ether oxygens (including phenoxy) is 1. The van der Waals surface area contributed by atoms with E-state index in [1.807, 2.05) is 0 Å². The van der Waals surface area contributed by atoms with Crippen molar-refractivity contribution in [2.75, 3.05) is 19.0 Å². The second kappa shape index (κ2) is 10.7. The SMILES string of the molecule is CCOC(=O)CCCCCCNC(=O)CCl. The molecule has 0 saturated carbocycles. The van der Waals surface area contributed by atoms with Crippen molar-refractivity contribution < 1.29 is 14.3 Å². The number of carbonyl (C=O) groups excluding carboxylic acids is 2. The minimum Gasteiger partial charge on any atom is -0.466 e. The lowest BCUT2D eigenvalue weighted by Crippen LogP contribution is -2.25. The van der Waals surface area contributed by atoms with Crippen LogP contribution in [-0.2, 0) is 14.3 Å². The number of hydrogen-bond donors (Lipinski definition) is 1. The molecule has 0 bridgehead atoms. The lowest BCUT2D eigenvalue weighted by Gasteiger charge is -2.03. The standard InChI is InChI=1S/C11H20ClNO3/c1-2-16-11(15)7-5-3-4-6-8-13-10(14)9-12/h2-9H2,1H3,(H,13,14). The number of esters is 1. The van der Waals surface area contributed by atoms with Crippen molar-refractivity contribution in [1.82, 2.24) is 5.32 Å². The Morgan fingerprint density at radius 2 is 1.88 bits per heavy atom. The molecule has 0 aliphatic carbocycles. The average molecular weight is 250 g/mol. The minimum atomic E-state index is -0.131. The van der Waals surface area contributed by atoms with Crippen LogP contribution in [-0.4, -0.2) is 30.9 Å². The highest BCUT2D eigenvalue weighted by molar-refractivity contribution is 6.27. The third kappa shape index (κ3) is 9.77. The third-order valence-electron chi connectivity index (χ3n) is 2.06. The Morgan fingerprint density at radius 3 is 2.50 bits per heavy atom. The van der Waals surface area contributed by atoms with Crippen molar-refractivity contribution in [2.45, 2.75) is 39.0 Å². The van der Waals surface area contributed by atoms with Crippen LogP contribution in [0.3, 0.4) is 0 Å². The Bertz CT molecular complexity index is 209. The van der Waals surface area contributed by atoms with Crippen LogP contribution >= 0.6 is 11.6 Å². The summed E-state index contributed by atoms with van der Waals surface area (Å²) < 4.78 is 4.80. The highest BCUT2D eigenvalue weighted by Gasteiger charge is 2.01. The van der Waals surface area contributed by atoms with Crippen molar-refractivity contribution >= 4 is 23.5 Å². The summed E-state index contributed by atoms with van der Waals surface area (Å²) in [4.78, 5) is 21.7. The fraction of sp³-hybridized carbons (Fsp3) is 0.818. The van der Waals surface area contributed by atoms with Gasteiger partial charge in [-0.25, -0.2) is 0 Å². The number of carbonyl (C=O) groups is 2. The van der Waals surface area contributed by atoms with Crippen LogP contribution in [0, 0.1) is 0 Å². The molecule has 0 atom stereocenters. The van der Waals surface area contributed by atoms with Crippen LogP contribution in [0.15, 0.2) is 0 Å². The lowest BCUT2D eigenvalue weighted by molar-refractivity contribution is -0.143. The van der Waals surface area contributed by atoms with E-state index in [1.165, 1.54) is 0 Å². The molecule has 1 N–H and O–H groups in total. The predicted molar refractivity (Wildman–Crippen MR) is 63.4 cm³/mol. The van der Waals surface area contributed by atoms with Gasteiger partial charge in [0.25, 0.3) is 0 Å². The molecule has 16 heavy (non-hydrogen) atoms. The van der Waals surface area contributed by atoms with Crippen molar-refractivity contribution in [3.63, 3.8) is 0 Å². The van der Waals surface area contributed by atoms with Gasteiger partial charge in [-0.3, -0.25) is 9.59 Å². The molecule has 0 radical (unpaired) electrons. The Kier molecular flexibility index (Phi) is 10.2. The maximum atomic E-state index is 11.0. The Labute approximate surface area is 102 Å². The molecule has 0 unspecified atom stereocenters. The number of rotatable bonds is 9. The summed E-state index contributed by atoms with van der Waals surface area (Å²) in [6.45, 7) is 2.91. The van der Waals surface area contributed by atoms with Crippen LogP contribution in [0.25, 0.3) is 0 Å². The van der Waals surface area contributed by atoms with Crippen molar-refractivity contribution in [2.24, 2.45) is 0 Å². The van der Waals surface area contributed by atoms with E-state index in [0.29, 0.717) is 19.6 Å². The largest absolute Gasteiger partial charge is 0.466 e. The van der Waals surface area contributed by atoms with Crippen LogP contribution < -0.4 is 5.32 Å². The minimum absolute atomic E-state index is 0.0167. The zero-order valence-corrected chi connectivity index (χ0v) is 10.5. The van der Waals surface area contributed by atoms with E-state index in [0.717, 1.165) is 25.7 Å². The third-order valence-corrected chi connectivity index (χ3v) is 2.30. The molecule has 94 valence electrons. The molecule has 0 saturated heterocycles. The molecule has 0 aromatic rings. The van der Waals surface area contributed by atoms with Gasteiger partial charge in [-0.05, 0) is 19.8 Å². The first kappa shape index (κ1) is 15.2. The summed E-state index contributed by atoms with van der Waals surface area (Å²) in [5, 5.41) is 2.69. The number of halogens is 1. The molecule has 1 amide bonds. The van der Waals surface area contributed by atoms with Crippen LogP contribution in [0.2, 0.25) is 0 Å². The molecular formula is C11H20ClNO3. The Balaban J connectivity index is 3.15. The van der Waals surface area contributed by atoms with Gasteiger partial charge >= 0.3 is 5.97 Å². The summed E-state index contributed by atoms with van der Waals surface area (Å²) in [6.07, 6.45) is 4.24. The number of unbranched alkanes of at least 4 members (excludes halogenated alkanes) is 3. The fourth-order valence-electron chi connectivity index (χ4n) is 1.26. The smallest absolute Gasteiger partial charge is 0.305 e. The van der Waals surface area contributed by atoms with Gasteiger partial charge in [-0.2, -0.15) is 0 Å². The summed E-state index contributed by atoms with van der Waals surface area (Å²) in [7, 11) is 0. The van der Waals surface area contributed by atoms with Crippen LogP contribution in [0.4, 0.5) is 0 Å². The highest BCUT2D eigenvalue weighted by atomic mass is 35.5. The van der Waals surface area contributed by atoms with Gasteiger partial charge in [-0.1, -0.05) is 12.8 Å². The molecule has 5 heteroatoms. The van der Waals surface area contributed by atoms with Gasteiger partial charge in [0.1, 0.15) is 5.88 Å². The van der Waals surface area contributed by atoms with E-state index in [1.54, 1.807) is 6.92 Å². The molecule has 4 nitrogen and oxygen atoms in total. The van der Waals surface area contributed by atoms with E-state index in [4.69, 9.17) is 16.3 Å². The molecule has 0 aromatic heterocycles. The molecule has 0 rings (SSSR count). The Hall–Kier alpha value is -0.770. The average Bonchev–Trinajstić information content (AvgIpc) is 2.27. The summed E-state index contributed by atoms with van der Waals surface area (Å²) in [5.74, 6) is -0.241. The van der Waals surface area contributed by atoms with Gasteiger partial charge in [-0.15, -0.1) is 11.6 Å². The van der Waals surface area contributed by atoms with E-state index in [9.17, 15) is 9.59 Å². The van der Waals surface area contributed by atoms with Crippen LogP contribution in [0.1, 0.15) is 39.0 Å². The van der Waals surface area contributed by atoms with E-state index in [-0.39, 0.29) is 17.8 Å². The maximum absolute atomic E-state index is 11.0.